The summed E-state index contributed by atoms with van der Waals surface area (Å²) in [6.45, 7) is 0. The Morgan fingerprint density at radius 2 is 2.19 bits per heavy atom. The van der Waals surface area contributed by atoms with E-state index in [0.29, 0.717) is 16.6 Å². The Bertz CT molecular complexity index is 369. The Balaban J connectivity index is 1.91. The lowest BCUT2D eigenvalue weighted by Crippen LogP contribution is -2.38. The van der Waals surface area contributed by atoms with Crippen LogP contribution in [0.25, 0.3) is 0 Å². The third-order valence-electron chi connectivity index (χ3n) is 3.04. The second-order valence-electron chi connectivity index (χ2n) is 4.31. The van der Waals surface area contributed by atoms with Crippen molar-refractivity contribution in [3.8, 4) is 0 Å². The van der Waals surface area contributed by atoms with Crippen LogP contribution in [0.5, 0.6) is 0 Å². The molecule has 0 saturated heterocycles. The first-order valence-electron chi connectivity index (χ1n) is 5.58. The van der Waals surface area contributed by atoms with Crippen LogP contribution in [-0.2, 0) is 7.05 Å². The molecule has 1 N–H and O–H groups in total. The van der Waals surface area contributed by atoms with E-state index in [9.17, 15) is 4.79 Å². The number of carbonyl (C=O) groups excluding carboxylic acids is 1. The first-order valence-corrected chi connectivity index (χ1v) is 6.49. The average Bonchev–Trinajstić information content (AvgIpc) is 2.68. The molecule has 4 nitrogen and oxygen atoms in total. The molecule has 0 spiro atoms. The van der Waals surface area contributed by atoms with Crippen molar-refractivity contribution in [3.05, 3.63) is 18.2 Å². The van der Waals surface area contributed by atoms with Crippen LogP contribution >= 0.6 is 15.9 Å². The predicted molar refractivity (Wildman–Crippen MR) is 65.6 cm³/mol. The van der Waals surface area contributed by atoms with Gasteiger partial charge in [-0.3, -0.25) is 4.79 Å². The molecule has 1 aliphatic rings. The number of carbonyl (C=O) groups is 1. The van der Waals surface area contributed by atoms with Crippen molar-refractivity contribution in [1.29, 1.82) is 0 Å². The number of hydrogen-bond donors (Lipinski definition) is 1. The molecule has 88 valence electrons. The quantitative estimate of drug-likeness (QED) is 0.843. The van der Waals surface area contributed by atoms with E-state index >= 15 is 0 Å². The van der Waals surface area contributed by atoms with Crippen LogP contribution in [0.2, 0.25) is 0 Å². The second kappa shape index (κ2) is 4.99. The highest BCUT2D eigenvalue weighted by Crippen LogP contribution is 2.24. The molecule has 0 bridgehead atoms. The molecule has 2 rings (SSSR count). The monoisotopic (exact) mass is 285 g/mol. The molecule has 1 amide bonds. The second-order valence-corrected chi connectivity index (χ2v) is 5.61. The summed E-state index contributed by atoms with van der Waals surface area (Å²) in [5, 5.41) is 3.06. The Labute approximate surface area is 104 Å². The lowest BCUT2D eigenvalue weighted by atomic mass is 9.95. The number of nitrogens with one attached hydrogen (secondary N) is 1. The van der Waals surface area contributed by atoms with E-state index in [-0.39, 0.29) is 5.91 Å². The maximum absolute atomic E-state index is 11.9. The topological polar surface area (TPSA) is 46.9 Å². The minimum atomic E-state index is -0.0157. The predicted octanol–water partition coefficient (Wildman–Crippen LogP) is 1.86. The summed E-state index contributed by atoms with van der Waals surface area (Å²) in [5.74, 6) is -0.0157. The van der Waals surface area contributed by atoms with Crippen LogP contribution in [0, 0.1) is 0 Å². The maximum atomic E-state index is 11.9. The third-order valence-corrected chi connectivity index (χ3v) is 3.96. The molecule has 1 aliphatic carbocycles. The number of rotatable bonds is 2. The van der Waals surface area contributed by atoms with E-state index in [1.165, 1.54) is 0 Å². The summed E-state index contributed by atoms with van der Waals surface area (Å²) in [6.07, 6.45) is 7.63. The van der Waals surface area contributed by atoms with Gasteiger partial charge in [0.15, 0.2) is 0 Å². The van der Waals surface area contributed by atoms with E-state index < -0.39 is 0 Å². The molecular weight excluding hydrogens is 270 g/mol. The molecule has 16 heavy (non-hydrogen) atoms. The fourth-order valence-electron chi connectivity index (χ4n) is 2.03. The molecule has 0 atom stereocenters. The van der Waals surface area contributed by atoms with Gasteiger partial charge in [-0.2, -0.15) is 0 Å². The minimum Gasteiger partial charge on any atom is -0.348 e. The lowest BCUT2D eigenvalue weighted by Gasteiger charge is -2.25. The molecule has 0 radical (unpaired) electrons. The van der Waals surface area contributed by atoms with Crippen LogP contribution < -0.4 is 5.32 Å². The SMILES string of the molecule is Cn1cncc1C(=O)NC1CCC(Br)CC1. The molecule has 0 unspecified atom stereocenters. The van der Waals surface area contributed by atoms with Gasteiger partial charge < -0.3 is 9.88 Å². The number of aromatic nitrogens is 2. The highest BCUT2D eigenvalue weighted by Gasteiger charge is 2.21. The number of alkyl halides is 1. The summed E-state index contributed by atoms with van der Waals surface area (Å²) in [5.41, 5.74) is 0.626. The van der Waals surface area contributed by atoms with E-state index in [4.69, 9.17) is 0 Å². The van der Waals surface area contributed by atoms with Crippen LogP contribution in [0.3, 0.4) is 0 Å². The van der Waals surface area contributed by atoms with E-state index in [0.717, 1.165) is 25.7 Å². The zero-order valence-electron chi connectivity index (χ0n) is 9.32. The van der Waals surface area contributed by atoms with E-state index in [2.05, 4.69) is 26.2 Å². The summed E-state index contributed by atoms with van der Waals surface area (Å²) in [7, 11) is 1.83. The fourth-order valence-corrected chi connectivity index (χ4v) is 2.56. The van der Waals surface area contributed by atoms with Gasteiger partial charge in [0.2, 0.25) is 0 Å². The highest BCUT2D eigenvalue weighted by molar-refractivity contribution is 9.09. The molecule has 1 heterocycles. The highest BCUT2D eigenvalue weighted by atomic mass is 79.9. The normalized spacial score (nSPS) is 25.4. The van der Waals surface area contributed by atoms with Crippen LogP contribution in [-0.4, -0.2) is 26.3 Å². The molecule has 1 fully saturated rings. The van der Waals surface area contributed by atoms with Gasteiger partial charge in [-0.1, -0.05) is 15.9 Å². The fraction of sp³-hybridized carbons (Fsp3) is 0.636. The number of nitrogens with zero attached hydrogens (tertiary/aromatic N) is 2. The Morgan fingerprint density at radius 1 is 1.50 bits per heavy atom. The van der Waals surface area contributed by atoms with Gasteiger partial charge in [0.1, 0.15) is 5.69 Å². The summed E-state index contributed by atoms with van der Waals surface area (Å²) in [4.78, 5) is 16.5. The Morgan fingerprint density at radius 3 is 2.75 bits per heavy atom. The van der Waals surface area contributed by atoms with Crippen molar-refractivity contribution in [1.82, 2.24) is 14.9 Å². The summed E-state index contributed by atoms with van der Waals surface area (Å²) < 4.78 is 1.74. The van der Waals surface area contributed by atoms with Gasteiger partial charge in [0.05, 0.1) is 12.5 Å². The molecule has 0 aliphatic heterocycles. The maximum Gasteiger partial charge on any atom is 0.269 e. The molecule has 5 heteroatoms. The zero-order valence-corrected chi connectivity index (χ0v) is 10.9. The van der Waals surface area contributed by atoms with Crippen molar-refractivity contribution < 1.29 is 4.79 Å². The molecular formula is C11H16BrN3O. The van der Waals surface area contributed by atoms with Gasteiger partial charge >= 0.3 is 0 Å². The average molecular weight is 286 g/mol. The van der Waals surface area contributed by atoms with Crippen molar-refractivity contribution in [2.24, 2.45) is 7.05 Å². The molecule has 0 aromatic carbocycles. The van der Waals surface area contributed by atoms with Gasteiger partial charge in [-0.05, 0) is 25.7 Å². The number of halogens is 1. The number of aryl methyl sites for hydroxylation is 1. The lowest BCUT2D eigenvalue weighted by molar-refractivity contribution is 0.0920. The first-order chi connectivity index (χ1) is 7.66. The van der Waals surface area contributed by atoms with Gasteiger partial charge in [0.25, 0.3) is 5.91 Å². The smallest absolute Gasteiger partial charge is 0.269 e. The number of hydrogen-bond acceptors (Lipinski definition) is 2. The summed E-state index contributed by atoms with van der Waals surface area (Å²) in [6, 6.07) is 0.316. The Hall–Kier alpha value is -0.840. The van der Waals surface area contributed by atoms with E-state index in [1.807, 2.05) is 7.05 Å². The van der Waals surface area contributed by atoms with Crippen LogP contribution in [0.4, 0.5) is 0 Å². The largest absolute Gasteiger partial charge is 0.348 e. The van der Waals surface area contributed by atoms with Crippen LogP contribution in [0.1, 0.15) is 36.2 Å². The number of imidazole rings is 1. The van der Waals surface area contributed by atoms with Gasteiger partial charge in [-0.15, -0.1) is 0 Å². The molecule has 1 saturated carbocycles. The first kappa shape index (κ1) is 11.6. The van der Waals surface area contributed by atoms with Crippen molar-refractivity contribution in [2.45, 2.75) is 36.6 Å². The van der Waals surface area contributed by atoms with Gasteiger partial charge in [0, 0.05) is 17.9 Å². The number of amides is 1. The molecule has 1 aromatic heterocycles. The zero-order chi connectivity index (χ0) is 11.5. The van der Waals surface area contributed by atoms with Gasteiger partial charge in [-0.25, -0.2) is 4.98 Å². The Kier molecular flexibility index (Phi) is 3.63. The minimum absolute atomic E-state index is 0.0157. The summed E-state index contributed by atoms with van der Waals surface area (Å²) >= 11 is 3.61. The van der Waals surface area contributed by atoms with Crippen molar-refractivity contribution >= 4 is 21.8 Å². The van der Waals surface area contributed by atoms with Crippen molar-refractivity contribution in [3.63, 3.8) is 0 Å². The van der Waals surface area contributed by atoms with Crippen molar-refractivity contribution in [2.75, 3.05) is 0 Å². The third kappa shape index (κ3) is 2.64. The van der Waals surface area contributed by atoms with Crippen LogP contribution in [0.15, 0.2) is 12.5 Å². The van der Waals surface area contributed by atoms with E-state index in [1.54, 1.807) is 17.1 Å². The molecule has 1 aromatic rings. The standard InChI is InChI=1S/C11H16BrN3O/c1-15-7-13-6-10(15)11(16)14-9-4-2-8(12)3-5-9/h6-9H,2-5H2,1H3,(H,14,16).